The number of hydrogen-bond acceptors (Lipinski definition) is 28. The number of methoxy groups -OCH3 is 2. The van der Waals surface area contributed by atoms with E-state index in [1.165, 1.54) is 52.0 Å². The summed E-state index contributed by atoms with van der Waals surface area (Å²) in [5.74, 6) is -7.96. The second-order valence-electron chi connectivity index (χ2n) is 40.3. The van der Waals surface area contributed by atoms with Crippen molar-refractivity contribution in [3.8, 4) is 0 Å². The number of nitrogens with zero attached hydrogens (tertiary/aromatic N) is 1. The van der Waals surface area contributed by atoms with E-state index in [1.807, 2.05) is 30.3 Å². The number of aliphatic hydroxyl groups is 5. The fourth-order valence-electron chi connectivity index (χ4n) is 22.4. The standard InChI is InChI=1S/C44H55NO14.C36H52O10Si.C20H31NO4Si/c1-23-27(56-38(51)32(48)31(25-16-12-10-13-17-25)45-39(52)59-40(3,4)5)21-44(53)36(57-37(50)26-18-14-11-15-19-26)34-42(8,35(49)33(54-9)30(23)41(44,6)7)28(47)20-29-43(34,22-55-29)58-24(2)46;1-10-47(11-2,12-3)46-25-18-26-35(20-43-26,45-22(5)37)29-31(44-32(40)23-16-14-13-15-17-23)36(41)19-24(38)21(4)27(33(36,6)7)28(42-9)30(39)34(25,29)8;1-7-26(8-2,9-3)25-17-16(15-13-11-10-12-14-15)21(18(17)22)19(23)24-20(4,5)6/h10-19,27-29,31-34,36,47-48,53H,20-22H2,1-9H3,(H,45,52);13-17,24-26,28-29,31,38,41H,10-12,18-20H2,1-9H3;10-14,16-17H,7-9H2,1-6H3/t27-,28-,29+,31-,32+,33+,34-,36-,42+,43-,44+;24-,25-,26+,28+,29-,31-,34+,35-,36+;16-,17+/m000/s1. The Bertz CT molecular complexity index is 4950. The number of carbonyl (C=O) groups is 10. The molecule has 32 heteroatoms. The number of aliphatic hydroxyl groups excluding tert-OH is 3. The van der Waals surface area contributed by atoms with Crippen LogP contribution >= 0.6 is 0 Å². The Labute approximate surface area is 776 Å². The van der Waals surface area contributed by atoms with Crippen LogP contribution in [0.15, 0.2) is 144 Å². The van der Waals surface area contributed by atoms with E-state index < -0.39 is 223 Å². The van der Waals surface area contributed by atoms with Crippen molar-refractivity contribution in [3.05, 3.63) is 166 Å². The molecule has 3 aliphatic heterocycles. The highest BCUT2D eigenvalue weighted by Crippen LogP contribution is 2.68. The lowest BCUT2D eigenvalue weighted by Crippen LogP contribution is -2.82. The van der Waals surface area contributed by atoms with Crippen molar-refractivity contribution in [2.45, 2.75) is 333 Å². The van der Waals surface area contributed by atoms with Gasteiger partial charge in [0, 0.05) is 64.6 Å². The predicted octanol–water partition coefficient (Wildman–Crippen LogP) is 13.6. The number of fused-ring (bicyclic) bond motifs is 10. The largest absolute Gasteiger partial charge is 0.456 e. The minimum Gasteiger partial charge on any atom is -0.456 e. The van der Waals surface area contributed by atoms with Crippen LogP contribution in [0.3, 0.4) is 0 Å². The van der Waals surface area contributed by atoms with Gasteiger partial charge in [-0.05, 0) is 163 Å². The van der Waals surface area contributed by atoms with Crippen molar-refractivity contribution < 1.29 is 134 Å². The number of Topliss-reactive ketones (excluding diaryl/α,β-unsaturated/α-hetero) is 2. The van der Waals surface area contributed by atoms with Gasteiger partial charge in [0.25, 0.3) is 5.91 Å². The highest BCUT2D eigenvalue weighted by atomic mass is 28.4. The number of esters is 5. The second-order valence-corrected chi connectivity index (χ2v) is 49.8. The maximum Gasteiger partial charge on any atom is 0.417 e. The molecule has 4 aromatic rings. The molecule has 13 rings (SSSR count). The van der Waals surface area contributed by atoms with E-state index in [9.17, 15) is 63.9 Å². The van der Waals surface area contributed by atoms with E-state index in [-0.39, 0.29) is 60.9 Å². The smallest absolute Gasteiger partial charge is 0.417 e. The number of amides is 3. The van der Waals surface area contributed by atoms with Crippen LogP contribution in [0.25, 0.3) is 0 Å². The lowest BCUT2D eigenvalue weighted by molar-refractivity contribution is -0.346. The summed E-state index contributed by atoms with van der Waals surface area (Å²) in [4.78, 5) is 139. The Balaban J connectivity index is 0.000000205. The molecular weight excluding hydrogens is 1730 g/mol. The Hall–Kier alpha value is -8.75. The quantitative estimate of drug-likeness (QED) is 0.0125. The number of alkyl carbamates (subject to hydrolysis) is 1. The zero-order chi connectivity index (χ0) is 97.7. The number of imide groups is 1. The molecule has 3 amide bonds. The minimum atomic E-state index is -2.39. The van der Waals surface area contributed by atoms with Crippen molar-refractivity contribution in [1.82, 2.24) is 10.2 Å². The number of hydrogen-bond donors (Lipinski definition) is 6. The highest BCUT2D eigenvalue weighted by Gasteiger charge is 2.81. The third-order valence-corrected chi connectivity index (χ3v) is 39.6. The van der Waals surface area contributed by atoms with Gasteiger partial charge in [-0.15, -0.1) is 0 Å². The molecule has 0 radical (unpaired) electrons. The number of rotatable bonds is 24. The predicted molar refractivity (Wildman–Crippen MR) is 489 cm³/mol. The molecular formula is C100H138N2O28Si2. The van der Waals surface area contributed by atoms with Gasteiger partial charge in [-0.2, -0.15) is 0 Å². The molecule has 0 unspecified atom stereocenters. The topological polar surface area (TPSA) is 407 Å². The zero-order valence-corrected chi connectivity index (χ0v) is 82.8. The first-order chi connectivity index (χ1) is 61.7. The van der Waals surface area contributed by atoms with Crippen LogP contribution in [0, 0.1) is 33.5 Å². The second kappa shape index (κ2) is 39.2. The van der Waals surface area contributed by atoms with Gasteiger partial charge >= 0.3 is 42.0 Å². The van der Waals surface area contributed by atoms with Gasteiger partial charge in [-0.1, -0.05) is 166 Å². The van der Waals surface area contributed by atoms with Gasteiger partial charge in [0.2, 0.25) is 0 Å². The van der Waals surface area contributed by atoms with Gasteiger partial charge < -0.3 is 91.8 Å². The fourth-order valence-corrected chi connectivity index (χ4v) is 28.1. The van der Waals surface area contributed by atoms with E-state index in [1.54, 1.807) is 169 Å². The van der Waals surface area contributed by atoms with Crippen molar-refractivity contribution in [3.63, 3.8) is 0 Å². The van der Waals surface area contributed by atoms with Gasteiger partial charge in [-0.3, -0.25) is 24.0 Å². The normalized spacial score (nSPS) is 32.5. The number of β-lactam (4-membered cyclic amide) rings is 1. The van der Waals surface area contributed by atoms with E-state index in [0.29, 0.717) is 22.3 Å². The van der Waals surface area contributed by atoms with E-state index in [4.69, 9.17) is 61.0 Å². The summed E-state index contributed by atoms with van der Waals surface area (Å²) in [5, 5.41) is 64.5. The monoisotopic (exact) mass is 1870 g/mol. The summed E-state index contributed by atoms with van der Waals surface area (Å²) < 4.78 is 79.8. The lowest BCUT2D eigenvalue weighted by Gasteiger charge is -2.68. The van der Waals surface area contributed by atoms with Crippen LogP contribution in [0.4, 0.5) is 9.59 Å². The minimum absolute atomic E-state index is 0.0623. The Kier molecular flexibility index (Phi) is 30.8. The van der Waals surface area contributed by atoms with Crippen molar-refractivity contribution in [2.75, 3.05) is 27.4 Å². The van der Waals surface area contributed by atoms with Crippen LogP contribution in [0.2, 0.25) is 36.3 Å². The molecule has 0 spiro atoms. The summed E-state index contributed by atoms with van der Waals surface area (Å²) in [6.07, 6.45) is -16.8. The number of ether oxygens (including phenoxy) is 11. The lowest BCUT2D eigenvalue weighted by atomic mass is 9.44. The van der Waals surface area contributed by atoms with Crippen LogP contribution in [-0.2, 0) is 89.7 Å². The molecule has 724 valence electrons. The summed E-state index contributed by atoms with van der Waals surface area (Å²) in [6.45, 7) is 38.8. The van der Waals surface area contributed by atoms with E-state index in [2.05, 4.69) is 46.9 Å². The number of likely N-dealkylation sites (tertiary alicyclic amines) is 1. The molecule has 7 fully saturated rings. The van der Waals surface area contributed by atoms with E-state index in [0.717, 1.165) is 41.8 Å². The van der Waals surface area contributed by atoms with Crippen molar-refractivity contribution in [2.24, 2.45) is 33.5 Å². The van der Waals surface area contributed by atoms with Crippen LogP contribution in [0.5, 0.6) is 0 Å². The Morgan fingerprint density at radius 1 is 0.545 bits per heavy atom. The molecule has 4 aromatic carbocycles. The van der Waals surface area contributed by atoms with Gasteiger partial charge in [-0.25, -0.2) is 28.9 Å². The molecule has 6 aliphatic carbocycles. The summed E-state index contributed by atoms with van der Waals surface area (Å²) in [5.41, 5.74) is -11.9. The molecule has 4 bridgehead atoms. The Morgan fingerprint density at radius 3 is 1.38 bits per heavy atom. The molecule has 4 saturated carbocycles. The zero-order valence-electron chi connectivity index (χ0n) is 80.8. The van der Waals surface area contributed by atoms with Crippen molar-refractivity contribution >= 4 is 76.1 Å². The number of ketones is 2. The van der Waals surface area contributed by atoms with Gasteiger partial charge in [0.1, 0.15) is 71.2 Å². The maximum absolute atomic E-state index is 15.5. The molecule has 132 heavy (non-hydrogen) atoms. The highest BCUT2D eigenvalue weighted by molar-refractivity contribution is 6.74. The first kappa shape index (κ1) is 104. The maximum atomic E-state index is 15.5. The average Bonchev–Trinajstić information content (AvgIpc) is 0.676. The first-order valence-corrected chi connectivity index (χ1v) is 51.2. The third kappa shape index (κ3) is 18.6. The Morgan fingerprint density at radius 2 is 0.955 bits per heavy atom. The van der Waals surface area contributed by atoms with Crippen molar-refractivity contribution in [1.29, 1.82) is 0 Å². The molecule has 6 N–H and O–H groups in total. The first-order valence-electron chi connectivity index (χ1n) is 46.2. The van der Waals surface area contributed by atoms with Gasteiger partial charge in [0.15, 0.2) is 51.6 Å². The fraction of sp³-hybridized carbons (Fsp3) is 0.620. The van der Waals surface area contributed by atoms with E-state index >= 15 is 9.59 Å². The van der Waals surface area contributed by atoms with Gasteiger partial charge in [0.05, 0.1) is 71.4 Å². The molecule has 0 aromatic heterocycles. The third-order valence-electron chi connectivity index (χ3n) is 30.3. The van der Waals surface area contributed by atoms with Crippen LogP contribution in [0.1, 0.15) is 222 Å². The summed E-state index contributed by atoms with van der Waals surface area (Å²) in [7, 11) is -1.62. The van der Waals surface area contributed by atoms with Crippen LogP contribution in [-0.4, -0.2) is 241 Å². The average molecular weight is 1870 g/mol. The number of benzene rings is 4. The molecule has 30 nitrogen and oxygen atoms in total. The number of nitrogens with one attached hydrogen (secondary N) is 1. The molecule has 3 saturated heterocycles. The summed E-state index contributed by atoms with van der Waals surface area (Å²) >= 11 is 0. The van der Waals surface area contributed by atoms with Crippen LogP contribution < -0.4 is 5.32 Å². The summed E-state index contributed by atoms with van der Waals surface area (Å²) in [6, 6.07) is 37.8. The SMILES string of the molecule is CC[Si](CC)(CC)O[C@H]1C(=O)N(C(=O)OC(C)(C)C)[C@H]1c1ccccc1.CC[Si](CC)(CC)O[C@H]1C[C@H]2OC[C@@]2(OC(C)=O)[C@H]2[C@H](OC(=O)c3ccccc3)[C@]3(O)C[C@H](O)C(C)=C([C@@H](OC)C(=O)[C@]12C)C3(C)C.CO[C@H]1C(=O)[C@@]2(C)[C@H]([C@H](OC(=O)c3ccccc3)[C@]3(O)C[C@H](OC(=O)[C@H](O)[C@@H](NC(=O)OC(C)(C)C)c4ccccc4)C(C)=C1C3(C)C)[C@]1(OC(C)=O)CO[C@@H]1C[C@@H]2O. The molecule has 3 heterocycles. The molecule has 22 atom stereocenters. The molecule has 9 aliphatic rings. The number of carbonyl (C=O) groups excluding carboxylic acids is 10.